The van der Waals surface area contributed by atoms with E-state index in [2.05, 4.69) is 278 Å². The number of ether oxygens (including phenoxy) is 2. The van der Waals surface area contributed by atoms with Crippen molar-refractivity contribution in [3.05, 3.63) is 340 Å². The Morgan fingerprint density at radius 2 is 0.500 bits per heavy atom. The van der Waals surface area contributed by atoms with Crippen LogP contribution < -0.4 is 14.4 Å². The average molecular weight is 992 g/mol. The van der Waals surface area contributed by atoms with Crippen LogP contribution in [0.2, 0.25) is 0 Å². The predicted molar refractivity (Wildman–Crippen MR) is 312 cm³/mol. The molecule has 18 rings (SSSR count). The molecule has 0 amide bonds. The fourth-order valence-electron chi connectivity index (χ4n) is 15.7. The third-order valence-electron chi connectivity index (χ3n) is 18.4. The predicted octanol–water partition coefficient (Wildman–Crippen LogP) is 18.4. The Bertz CT molecular complexity index is 4460. The Morgan fingerprint density at radius 3 is 0.897 bits per heavy atom. The Labute approximate surface area is 452 Å². The average Bonchev–Trinajstić information content (AvgIpc) is 3.11. The maximum atomic E-state index is 6.93. The van der Waals surface area contributed by atoms with E-state index in [1.807, 2.05) is 0 Å². The molecule has 3 spiro atoms. The molecule has 362 valence electrons. The van der Waals surface area contributed by atoms with Crippen LogP contribution >= 0.6 is 0 Å². The molecule has 0 fully saturated rings. The van der Waals surface area contributed by atoms with Gasteiger partial charge in [-0.25, -0.2) is 0 Å². The van der Waals surface area contributed by atoms with Gasteiger partial charge in [0.25, 0.3) is 0 Å². The standard InChI is InChI=1S/C75H45NO2/c1-6-26-56-48(20-1)49-21-2-7-27-57(49)73(56)58-28-8-3-22-50(58)53-42-40-46(44-65(53)73)76(47-41-43-54-51-23-4-9-29-59(51)74(66(54)45-47)61-31-11-15-36-68(61)77-69-37-16-12-32-62(69)74)67-35-19-25-55-52-24-5-10-30-60(52)75(72(55)67)63-33-13-17-38-70(63)78-71-39-18-14-34-64(71)75/h1-45H. The van der Waals surface area contributed by atoms with Crippen LogP contribution in [-0.4, -0.2) is 0 Å². The van der Waals surface area contributed by atoms with Crippen molar-refractivity contribution in [2.45, 2.75) is 16.2 Å². The highest BCUT2D eigenvalue weighted by molar-refractivity contribution is 6.00. The van der Waals surface area contributed by atoms with E-state index in [4.69, 9.17) is 9.47 Å². The number of rotatable bonds is 3. The molecule has 12 aromatic carbocycles. The number of benzene rings is 12. The lowest BCUT2D eigenvalue weighted by atomic mass is 9.65. The summed E-state index contributed by atoms with van der Waals surface area (Å²) in [6, 6.07) is 102. The molecular weight excluding hydrogens is 947 g/mol. The Hall–Kier alpha value is -9.96. The van der Waals surface area contributed by atoms with Crippen molar-refractivity contribution in [2.75, 3.05) is 4.90 Å². The molecule has 0 saturated carbocycles. The van der Waals surface area contributed by atoms with E-state index < -0.39 is 16.2 Å². The SMILES string of the molecule is c1ccc2c(c1)Oc1ccccc1C21c2ccccc2-c2ccc(N(c3ccc4c(c3)C3(c5ccccc5-c5ccccc53)c3ccccc3-4)c3cccc4c3C3(c5ccccc5Oc5ccccc53)c3ccccc3-4)cc21. The van der Waals surface area contributed by atoms with Crippen molar-refractivity contribution < 1.29 is 9.47 Å². The van der Waals surface area contributed by atoms with Crippen LogP contribution in [0.15, 0.2) is 273 Å². The second-order valence-corrected chi connectivity index (χ2v) is 21.7. The molecule has 2 heterocycles. The summed E-state index contributed by atoms with van der Waals surface area (Å²) in [6.07, 6.45) is 0. The van der Waals surface area contributed by atoms with Gasteiger partial charge in [-0.05, 0) is 138 Å². The molecule has 0 aromatic heterocycles. The number of hydrogen-bond donors (Lipinski definition) is 0. The van der Waals surface area contributed by atoms with Gasteiger partial charge in [0, 0.05) is 39.2 Å². The van der Waals surface area contributed by atoms with Gasteiger partial charge in [-0.3, -0.25) is 0 Å². The zero-order valence-electron chi connectivity index (χ0n) is 42.2. The van der Waals surface area contributed by atoms with Crippen molar-refractivity contribution in [1.29, 1.82) is 0 Å². The van der Waals surface area contributed by atoms with E-state index in [-0.39, 0.29) is 0 Å². The van der Waals surface area contributed by atoms with Crippen LogP contribution in [0.3, 0.4) is 0 Å². The lowest BCUT2D eigenvalue weighted by Gasteiger charge is -2.42. The van der Waals surface area contributed by atoms with E-state index in [0.717, 1.165) is 62.3 Å². The highest BCUT2D eigenvalue weighted by Gasteiger charge is 2.56. The normalized spacial score (nSPS) is 15.2. The largest absolute Gasteiger partial charge is 0.457 e. The zero-order chi connectivity index (χ0) is 50.9. The third-order valence-corrected chi connectivity index (χ3v) is 18.4. The van der Waals surface area contributed by atoms with Crippen molar-refractivity contribution in [3.63, 3.8) is 0 Å². The minimum atomic E-state index is -0.740. The molecule has 0 unspecified atom stereocenters. The van der Waals surface area contributed by atoms with E-state index in [0.29, 0.717) is 0 Å². The summed E-state index contributed by atoms with van der Waals surface area (Å²) in [7, 11) is 0. The molecule has 0 N–H and O–H groups in total. The molecule has 0 atom stereocenters. The van der Waals surface area contributed by atoms with E-state index >= 15 is 0 Å². The fraction of sp³-hybridized carbons (Fsp3) is 0.0400. The summed E-state index contributed by atoms with van der Waals surface area (Å²) in [4.78, 5) is 2.60. The van der Waals surface area contributed by atoms with Gasteiger partial charge in [-0.2, -0.15) is 0 Å². The molecular formula is C75H45NO2. The van der Waals surface area contributed by atoms with Crippen LogP contribution in [0.5, 0.6) is 23.0 Å². The molecule has 0 bridgehead atoms. The zero-order valence-corrected chi connectivity index (χ0v) is 42.2. The number of hydrogen-bond acceptors (Lipinski definition) is 3. The Kier molecular flexibility index (Phi) is 8.20. The molecule has 12 aromatic rings. The van der Waals surface area contributed by atoms with Gasteiger partial charge in [0.1, 0.15) is 23.0 Å². The highest BCUT2D eigenvalue weighted by atomic mass is 16.5. The van der Waals surface area contributed by atoms with Crippen LogP contribution in [-0.2, 0) is 16.2 Å². The van der Waals surface area contributed by atoms with E-state index in [1.165, 1.54) is 89.0 Å². The monoisotopic (exact) mass is 991 g/mol. The maximum Gasteiger partial charge on any atom is 0.132 e. The first-order valence-electron chi connectivity index (χ1n) is 27.2. The third kappa shape index (κ3) is 4.97. The summed E-state index contributed by atoms with van der Waals surface area (Å²) >= 11 is 0. The summed E-state index contributed by atoms with van der Waals surface area (Å²) in [5.74, 6) is 3.48. The molecule has 0 radical (unpaired) electrons. The second kappa shape index (κ2) is 15.1. The molecule has 2 aliphatic heterocycles. The van der Waals surface area contributed by atoms with Gasteiger partial charge in [-0.15, -0.1) is 0 Å². The van der Waals surface area contributed by atoms with Crippen molar-refractivity contribution in [3.8, 4) is 67.5 Å². The van der Waals surface area contributed by atoms with E-state index in [1.54, 1.807) is 0 Å². The van der Waals surface area contributed by atoms with Crippen LogP contribution in [0.4, 0.5) is 17.1 Å². The van der Waals surface area contributed by atoms with Gasteiger partial charge in [0.2, 0.25) is 0 Å². The Balaban J connectivity index is 0.978. The minimum absolute atomic E-state index is 0.547. The van der Waals surface area contributed by atoms with Crippen molar-refractivity contribution in [1.82, 2.24) is 0 Å². The van der Waals surface area contributed by atoms with Gasteiger partial charge >= 0.3 is 0 Å². The molecule has 3 heteroatoms. The smallest absolute Gasteiger partial charge is 0.132 e. The first-order chi connectivity index (χ1) is 38.7. The first-order valence-corrected chi connectivity index (χ1v) is 27.2. The topological polar surface area (TPSA) is 21.7 Å². The minimum Gasteiger partial charge on any atom is -0.457 e. The second-order valence-electron chi connectivity index (χ2n) is 21.7. The quantitative estimate of drug-likeness (QED) is 0.176. The number of anilines is 3. The first kappa shape index (κ1) is 42.3. The molecule has 3 nitrogen and oxygen atoms in total. The molecule has 0 saturated heterocycles. The summed E-state index contributed by atoms with van der Waals surface area (Å²) in [5, 5.41) is 0. The fourth-order valence-corrected chi connectivity index (χ4v) is 15.7. The van der Waals surface area contributed by atoms with Crippen molar-refractivity contribution >= 4 is 17.1 Å². The van der Waals surface area contributed by atoms with Crippen LogP contribution in [0, 0.1) is 0 Å². The van der Waals surface area contributed by atoms with Gasteiger partial charge < -0.3 is 14.4 Å². The van der Waals surface area contributed by atoms with Gasteiger partial charge in [0.15, 0.2) is 0 Å². The number of nitrogens with zero attached hydrogens (tertiary/aromatic N) is 1. The van der Waals surface area contributed by atoms with Crippen LogP contribution in [0.1, 0.15) is 66.8 Å². The number of para-hydroxylation sites is 4. The van der Waals surface area contributed by atoms with Gasteiger partial charge in [-0.1, -0.05) is 218 Å². The lowest BCUT2D eigenvalue weighted by molar-refractivity contribution is 0.436. The molecule has 78 heavy (non-hydrogen) atoms. The highest BCUT2D eigenvalue weighted by Crippen LogP contribution is 2.68. The summed E-state index contributed by atoms with van der Waals surface area (Å²) in [6.45, 7) is 0. The van der Waals surface area contributed by atoms with Crippen molar-refractivity contribution in [2.24, 2.45) is 0 Å². The van der Waals surface area contributed by atoms with Crippen LogP contribution in [0.25, 0.3) is 44.5 Å². The Morgan fingerprint density at radius 1 is 0.218 bits per heavy atom. The summed E-state index contributed by atoms with van der Waals surface area (Å²) in [5.41, 5.74) is 26.0. The molecule has 4 aliphatic carbocycles. The maximum absolute atomic E-state index is 6.93. The molecule has 6 aliphatic rings. The number of fused-ring (bicyclic) bond motifs is 28. The van der Waals surface area contributed by atoms with Gasteiger partial charge in [0.05, 0.1) is 21.9 Å². The van der Waals surface area contributed by atoms with E-state index in [9.17, 15) is 0 Å². The lowest BCUT2D eigenvalue weighted by Crippen LogP contribution is -2.34. The summed E-state index contributed by atoms with van der Waals surface area (Å²) < 4.78 is 13.8.